The molecule has 0 amide bonds. The van der Waals surface area contributed by atoms with Crippen molar-refractivity contribution in [2.75, 3.05) is 18.0 Å². The van der Waals surface area contributed by atoms with Gasteiger partial charge in [-0.1, -0.05) is 25.4 Å². The van der Waals surface area contributed by atoms with Gasteiger partial charge in [0.15, 0.2) is 0 Å². The van der Waals surface area contributed by atoms with Gasteiger partial charge < -0.3 is 4.90 Å². The molecule has 0 aromatic carbocycles. The van der Waals surface area contributed by atoms with Gasteiger partial charge >= 0.3 is 0 Å². The highest BCUT2D eigenvalue weighted by Crippen LogP contribution is 2.32. The molecule has 0 aliphatic carbocycles. The van der Waals surface area contributed by atoms with Crippen molar-refractivity contribution in [2.24, 2.45) is 5.41 Å². The maximum absolute atomic E-state index is 6.08. The fourth-order valence-corrected chi connectivity index (χ4v) is 2.82. The first kappa shape index (κ1) is 12.7. The maximum Gasteiger partial charge on any atom is 0.255 e. The molecule has 19 heavy (non-hydrogen) atoms. The Labute approximate surface area is 117 Å². The number of rotatable bonds is 1. The van der Waals surface area contributed by atoms with Crippen molar-refractivity contribution in [3.05, 3.63) is 17.5 Å². The molecular weight excluding hydrogens is 262 g/mol. The predicted molar refractivity (Wildman–Crippen MR) is 75.6 cm³/mol. The molecule has 0 saturated carbocycles. The van der Waals surface area contributed by atoms with Crippen LogP contribution in [-0.4, -0.2) is 32.7 Å². The molecule has 0 unspecified atom stereocenters. The van der Waals surface area contributed by atoms with Crippen molar-refractivity contribution in [1.29, 1.82) is 0 Å². The third-order valence-electron chi connectivity index (χ3n) is 3.87. The van der Waals surface area contributed by atoms with Crippen LogP contribution in [0.5, 0.6) is 0 Å². The second-order valence-electron chi connectivity index (χ2n) is 5.91. The molecule has 5 nitrogen and oxygen atoms in total. The Morgan fingerprint density at radius 2 is 2.11 bits per heavy atom. The Hall–Kier alpha value is -1.36. The predicted octanol–water partition coefficient (Wildman–Crippen LogP) is 2.79. The fourth-order valence-electron chi connectivity index (χ4n) is 2.65. The summed E-state index contributed by atoms with van der Waals surface area (Å²) < 4.78 is 1.77. The van der Waals surface area contributed by atoms with Gasteiger partial charge in [0, 0.05) is 19.2 Å². The third kappa shape index (κ3) is 2.52. The van der Waals surface area contributed by atoms with E-state index in [0.717, 1.165) is 18.9 Å². The molecule has 0 N–H and O–H groups in total. The van der Waals surface area contributed by atoms with Crippen LogP contribution >= 0.6 is 11.6 Å². The van der Waals surface area contributed by atoms with E-state index in [1.54, 1.807) is 4.52 Å². The molecule has 2 aromatic rings. The Bertz CT molecular complexity index is 592. The molecule has 1 aliphatic rings. The van der Waals surface area contributed by atoms with E-state index in [1.165, 1.54) is 25.6 Å². The molecule has 0 radical (unpaired) electrons. The molecule has 3 heterocycles. The van der Waals surface area contributed by atoms with Crippen LogP contribution in [0.4, 0.5) is 5.82 Å². The topological polar surface area (TPSA) is 46.3 Å². The van der Waals surface area contributed by atoms with E-state index in [2.05, 4.69) is 33.8 Å². The van der Waals surface area contributed by atoms with Gasteiger partial charge in [-0.15, -0.1) is 0 Å². The van der Waals surface area contributed by atoms with Crippen molar-refractivity contribution in [2.45, 2.75) is 33.1 Å². The van der Waals surface area contributed by atoms with Crippen LogP contribution in [-0.2, 0) is 0 Å². The molecule has 1 aliphatic heterocycles. The summed E-state index contributed by atoms with van der Waals surface area (Å²) in [6.45, 7) is 6.71. The molecule has 1 fully saturated rings. The first-order valence-corrected chi connectivity index (χ1v) is 7.04. The van der Waals surface area contributed by atoms with Crippen LogP contribution in [0.3, 0.4) is 0 Å². The summed E-state index contributed by atoms with van der Waals surface area (Å²) in [6, 6.07) is 1.88. The van der Waals surface area contributed by atoms with E-state index in [4.69, 9.17) is 11.6 Å². The van der Waals surface area contributed by atoms with E-state index < -0.39 is 0 Å². The standard InChI is InChI=1S/C13H18ClN5/c1-13(2)4-3-6-18(7-5-13)11-8-10(14)17-12-15-9-16-19(11)12/h8-9H,3-7H2,1-2H3. The lowest BCUT2D eigenvalue weighted by atomic mass is 9.85. The molecule has 2 aromatic heterocycles. The van der Waals surface area contributed by atoms with E-state index >= 15 is 0 Å². The second kappa shape index (κ2) is 4.63. The minimum absolute atomic E-state index is 0.410. The van der Waals surface area contributed by atoms with Crippen molar-refractivity contribution in [1.82, 2.24) is 19.6 Å². The molecule has 6 heteroatoms. The SMILES string of the molecule is CC1(C)CCCN(c2cc(Cl)nc3ncnn23)CC1. The molecule has 0 spiro atoms. The molecule has 0 bridgehead atoms. The molecule has 1 saturated heterocycles. The average molecular weight is 280 g/mol. The van der Waals surface area contributed by atoms with Gasteiger partial charge in [-0.05, 0) is 24.7 Å². The van der Waals surface area contributed by atoms with E-state index in [-0.39, 0.29) is 0 Å². The summed E-state index contributed by atoms with van der Waals surface area (Å²) >= 11 is 6.08. The summed E-state index contributed by atoms with van der Waals surface area (Å²) in [5.41, 5.74) is 0.410. The van der Waals surface area contributed by atoms with Gasteiger partial charge in [-0.2, -0.15) is 19.6 Å². The fraction of sp³-hybridized carbons (Fsp3) is 0.615. The maximum atomic E-state index is 6.08. The number of aromatic nitrogens is 4. The quantitative estimate of drug-likeness (QED) is 0.753. The molecule has 102 valence electrons. The Balaban J connectivity index is 1.97. The smallest absolute Gasteiger partial charge is 0.255 e. The first-order valence-electron chi connectivity index (χ1n) is 6.66. The minimum atomic E-state index is 0.410. The van der Waals surface area contributed by atoms with Crippen molar-refractivity contribution >= 4 is 23.2 Å². The van der Waals surface area contributed by atoms with Gasteiger partial charge in [-0.3, -0.25) is 0 Å². The van der Waals surface area contributed by atoms with Crippen LogP contribution in [0.2, 0.25) is 5.15 Å². The molecular formula is C13H18ClN5. The largest absolute Gasteiger partial charge is 0.356 e. The highest BCUT2D eigenvalue weighted by Gasteiger charge is 2.24. The number of halogens is 1. The molecule has 3 rings (SSSR count). The monoisotopic (exact) mass is 279 g/mol. The van der Waals surface area contributed by atoms with Crippen molar-refractivity contribution < 1.29 is 0 Å². The zero-order valence-electron chi connectivity index (χ0n) is 11.3. The Kier molecular flexibility index (Phi) is 3.09. The number of fused-ring (bicyclic) bond motifs is 1. The summed E-state index contributed by atoms with van der Waals surface area (Å²) in [5.74, 6) is 1.55. The second-order valence-corrected chi connectivity index (χ2v) is 6.30. The first-order chi connectivity index (χ1) is 9.05. The summed E-state index contributed by atoms with van der Waals surface area (Å²) in [6.07, 6.45) is 5.12. The van der Waals surface area contributed by atoms with Crippen molar-refractivity contribution in [3.8, 4) is 0 Å². The number of hydrogen-bond acceptors (Lipinski definition) is 4. The van der Waals surface area contributed by atoms with Crippen LogP contribution in [0.1, 0.15) is 33.1 Å². The number of anilines is 1. The van der Waals surface area contributed by atoms with Gasteiger partial charge in [0.05, 0.1) is 0 Å². The lowest BCUT2D eigenvalue weighted by molar-refractivity contribution is 0.325. The average Bonchev–Trinajstić information content (AvgIpc) is 2.72. The number of hydrogen-bond donors (Lipinski definition) is 0. The van der Waals surface area contributed by atoms with Gasteiger partial charge in [0.2, 0.25) is 0 Å². The van der Waals surface area contributed by atoms with Crippen LogP contribution < -0.4 is 4.90 Å². The lowest BCUT2D eigenvalue weighted by Gasteiger charge is -2.24. The van der Waals surface area contributed by atoms with Crippen LogP contribution in [0.15, 0.2) is 12.4 Å². The molecule has 0 atom stereocenters. The van der Waals surface area contributed by atoms with Gasteiger partial charge in [0.1, 0.15) is 17.3 Å². The zero-order chi connectivity index (χ0) is 13.5. The minimum Gasteiger partial charge on any atom is -0.356 e. The Morgan fingerprint density at radius 3 is 2.95 bits per heavy atom. The van der Waals surface area contributed by atoms with Crippen LogP contribution in [0.25, 0.3) is 5.78 Å². The zero-order valence-corrected chi connectivity index (χ0v) is 12.1. The number of nitrogens with zero attached hydrogens (tertiary/aromatic N) is 5. The highest BCUT2D eigenvalue weighted by molar-refractivity contribution is 6.29. The van der Waals surface area contributed by atoms with E-state index in [0.29, 0.717) is 16.3 Å². The summed E-state index contributed by atoms with van der Waals surface area (Å²) in [7, 11) is 0. The lowest BCUT2D eigenvalue weighted by Crippen LogP contribution is -2.27. The highest BCUT2D eigenvalue weighted by atomic mass is 35.5. The van der Waals surface area contributed by atoms with Gasteiger partial charge in [-0.25, -0.2) is 0 Å². The van der Waals surface area contributed by atoms with Crippen molar-refractivity contribution in [3.63, 3.8) is 0 Å². The summed E-state index contributed by atoms with van der Waals surface area (Å²) in [4.78, 5) is 10.6. The summed E-state index contributed by atoms with van der Waals surface area (Å²) in [5, 5.41) is 4.72. The van der Waals surface area contributed by atoms with Gasteiger partial charge in [0.25, 0.3) is 5.78 Å². The Morgan fingerprint density at radius 1 is 1.26 bits per heavy atom. The normalized spacial score (nSPS) is 19.6. The third-order valence-corrected chi connectivity index (χ3v) is 4.06. The van der Waals surface area contributed by atoms with Crippen LogP contribution in [0, 0.1) is 5.41 Å². The van der Waals surface area contributed by atoms with E-state index in [9.17, 15) is 0 Å². The van der Waals surface area contributed by atoms with E-state index in [1.807, 2.05) is 6.07 Å².